The van der Waals surface area contributed by atoms with Gasteiger partial charge < -0.3 is 15.5 Å². The highest BCUT2D eigenvalue weighted by molar-refractivity contribution is 7.13. The minimum Gasteiger partial charge on any atom is -0.378 e. The predicted octanol–water partition coefficient (Wildman–Crippen LogP) is 3.09. The van der Waals surface area contributed by atoms with Crippen molar-refractivity contribution in [3.05, 3.63) is 69.7 Å². The molecule has 0 aliphatic rings. The third-order valence-corrected chi connectivity index (χ3v) is 4.87. The molecular weight excluding hydrogens is 374 g/mol. The van der Waals surface area contributed by atoms with E-state index in [0.29, 0.717) is 22.8 Å². The van der Waals surface area contributed by atoms with Gasteiger partial charge in [0.1, 0.15) is 5.01 Å². The number of carbonyl (C=O) groups excluding carboxylic acids is 2. The first-order valence-electron chi connectivity index (χ1n) is 8.68. The summed E-state index contributed by atoms with van der Waals surface area (Å²) in [5.74, 6) is -0.488. The van der Waals surface area contributed by atoms with Crippen LogP contribution in [0, 0.1) is 6.92 Å². The first kappa shape index (κ1) is 19.5. The van der Waals surface area contributed by atoms with Crippen LogP contribution < -0.4 is 15.5 Å². The third-order valence-electron chi connectivity index (χ3n) is 4.03. The van der Waals surface area contributed by atoms with Crippen LogP contribution in [0.3, 0.4) is 0 Å². The summed E-state index contributed by atoms with van der Waals surface area (Å²) in [6.45, 7) is 2.24. The Morgan fingerprint density at radius 2 is 1.64 bits per heavy atom. The Kier molecular flexibility index (Phi) is 6.00. The summed E-state index contributed by atoms with van der Waals surface area (Å²) < 4.78 is 0. The van der Waals surface area contributed by atoms with E-state index >= 15 is 0 Å². The molecule has 0 bridgehead atoms. The second-order valence-corrected chi connectivity index (χ2v) is 7.58. The number of nitrogens with zero attached hydrogens (tertiary/aromatic N) is 3. The highest BCUT2D eigenvalue weighted by Crippen LogP contribution is 2.15. The van der Waals surface area contributed by atoms with Gasteiger partial charge in [0.05, 0.1) is 0 Å². The summed E-state index contributed by atoms with van der Waals surface area (Å²) in [5, 5.41) is 14.3. The average molecular weight is 395 g/mol. The van der Waals surface area contributed by atoms with Crippen LogP contribution in [0.15, 0.2) is 48.5 Å². The Bertz CT molecular complexity index is 965. The van der Waals surface area contributed by atoms with Gasteiger partial charge >= 0.3 is 0 Å². The summed E-state index contributed by atoms with van der Waals surface area (Å²) in [4.78, 5) is 26.4. The molecule has 1 aromatic heterocycles. The van der Waals surface area contributed by atoms with Gasteiger partial charge in [-0.2, -0.15) is 0 Å². The first-order chi connectivity index (χ1) is 13.4. The van der Waals surface area contributed by atoms with Gasteiger partial charge in [0.25, 0.3) is 11.8 Å². The van der Waals surface area contributed by atoms with Gasteiger partial charge in [-0.25, -0.2) is 0 Å². The Balaban J connectivity index is 1.55. The molecule has 2 N–H and O–H groups in total. The fourth-order valence-corrected chi connectivity index (χ4v) is 3.06. The van der Waals surface area contributed by atoms with Crippen molar-refractivity contribution in [2.45, 2.75) is 13.5 Å². The molecule has 2 aromatic carbocycles. The molecule has 0 aliphatic heterocycles. The van der Waals surface area contributed by atoms with Crippen molar-refractivity contribution in [2.24, 2.45) is 0 Å². The Labute approximate surface area is 167 Å². The highest BCUT2D eigenvalue weighted by atomic mass is 32.1. The first-order valence-corrected chi connectivity index (χ1v) is 9.50. The molecule has 28 heavy (non-hydrogen) atoms. The fourth-order valence-electron chi connectivity index (χ4n) is 2.47. The molecular formula is C20H21N5O2S. The van der Waals surface area contributed by atoms with Gasteiger partial charge in [0.15, 0.2) is 0 Å². The SMILES string of the molecule is Cc1nnc(C(=O)Nc2ccc(C(=O)NCc3ccc(N(C)C)cc3)cc2)s1. The van der Waals surface area contributed by atoms with Crippen LogP contribution in [-0.4, -0.2) is 36.1 Å². The number of nitrogens with one attached hydrogen (secondary N) is 2. The van der Waals surface area contributed by atoms with E-state index in [4.69, 9.17) is 0 Å². The van der Waals surface area contributed by atoms with Crippen molar-refractivity contribution in [1.82, 2.24) is 15.5 Å². The van der Waals surface area contributed by atoms with Crippen LogP contribution >= 0.6 is 11.3 Å². The van der Waals surface area contributed by atoms with E-state index < -0.39 is 0 Å². The molecule has 0 radical (unpaired) electrons. The van der Waals surface area contributed by atoms with Crippen molar-refractivity contribution in [3.63, 3.8) is 0 Å². The van der Waals surface area contributed by atoms with Crippen molar-refractivity contribution in [3.8, 4) is 0 Å². The molecule has 0 saturated carbocycles. The van der Waals surface area contributed by atoms with E-state index in [-0.39, 0.29) is 11.8 Å². The molecule has 7 nitrogen and oxygen atoms in total. The summed E-state index contributed by atoms with van der Waals surface area (Å²) in [6.07, 6.45) is 0. The Morgan fingerprint density at radius 3 is 2.21 bits per heavy atom. The second kappa shape index (κ2) is 8.62. The second-order valence-electron chi connectivity index (χ2n) is 6.40. The number of aromatic nitrogens is 2. The van der Waals surface area contributed by atoms with Gasteiger partial charge in [0, 0.05) is 37.6 Å². The lowest BCUT2D eigenvalue weighted by molar-refractivity contribution is 0.0950. The van der Waals surface area contributed by atoms with E-state index in [1.54, 1.807) is 31.2 Å². The number of hydrogen-bond acceptors (Lipinski definition) is 6. The van der Waals surface area contributed by atoms with Gasteiger partial charge in [-0.3, -0.25) is 9.59 Å². The van der Waals surface area contributed by atoms with E-state index in [9.17, 15) is 9.59 Å². The molecule has 8 heteroatoms. The predicted molar refractivity (Wildman–Crippen MR) is 111 cm³/mol. The summed E-state index contributed by atoms with van der Waals surface area (Å²) in [5.41, 5.74) is 3.25. The minimum atomic E-state index is -0.316. The van der Waals surface area contributed by atoms with Gasteiger partial charge in [-0.1, -0.05) is 23.5 Å². The van der Waals surface area contributed by atoms with Gasteiger partial charge in [-0.15, -0.1) is 10.2 Å². The van der Waals surface area contributed by atoms with Crippen molar-refractivity contribution >= 4 is 34.5 Å². The zero-order valence-corrected chi connectivity index (χ0v) is 16.7. The number of benzene rings is 2. The number of carbonyl (C=O) groups is 2. The summed E-state index contributed by atoms with van der Waals surface area (Å²) >= 11 is 1.23. The maximum atomic E-state index is 12.3. The van der Waals surface area contributed by atoms with Gasteiger partial charge in [-0.05, 0) is 48.9 Å². The largest absolute Gasteiger partial charge is 0.378 e. The normalized spacial score (nSPS) is 10.4. The molecule has 2 amide bonds. The minimum absolute atomic E-state index is 0.172. The van der Waals surface area contributed by atoms with Crippen LogP contribution in [0.4, 0.5) is 11.4 Å². The van der Waals surface area contributed by atoms with Crippen molar-refractivity contribution in [1.29, 1.82) is 0 Å². The molecule has 0 fully saturated rings. The molecule has 0 saturated heterocycles. The lowest BCUT2D eigenvalue weighted by atomic mass is 10.1. The zero-order chi connectivity index (χ0) is 20.1. The maximum absolute atomic E-state index is 12.3. The Hall–Kier alpha value is -3.26. The molecule has 0 spiro atoms. The monoisotopic (exact) mass is 395 g/mol. The average Bonchev–Trinajstić information content (AvgIpc) is 3.13. The molecule has 0 atom stereocenters. The number of amides is 2. The van der Waals surface area contributed by atoms with Crippen LogP contribution in [0.5, 0.6) is 0 Å². The molecule has 144 valence electrons. The molecule has 3 aromatic rings. The molecule has 0 aliphatic carbocycles. The quantitative estimate of drug-likeness (QED) is 0.670. The fraction of sp³-hybridized carbons (Fsp3) is 0.200. The van der Waals surface area contributed by atoms with Crippen LogP contribution in [-0.2, 0) is 6.54 Å². The van der Waals surface area contributed by atoms with Crippen molar-refractivity contribution < 1.29 is 9.59 Å². The summed E-state index contributed by atoms with van der Waals surface area (Å²) in [7, 11) is 3.97. The van der Waals surface area contributed by atoms with Gasteiger partial charge in [0.2, 0.25) is 5.01 Å². The smallest absolute Gasteiger partial charge is 0.286 e. The standard InChI is InChI=1S/C20H21N5O2S/c1-13-23-24-20(28-13)19(27)22-16-8-6-15(7-9-16)18(26)21-12-14-4-10-17(11-5-14)25(2)3/h4-11H,12H2,1-3H3,(H,21,26)(H,22,27). The highest BCUT2D eigenvalue weighted by Gasteiger charge is 2.12. The zero-order valence-electron chi connectivity index (χ0n) is 15.9. The number of hydrogen-bond donors (Lipinski definition) is 2. The molecule has 0 unspecified atom stereocenters. The van der Waals surface area contributed by atoms with E-state index in [2.05, 4.69) is 20.8 Å². The number of anilines is 2. The van der Waals surface area contributed by atoms with E-state index in [1.165, 1.54) is 11.3 Å². The maximum Gasteiger partial charge on any atom is 0.286 e. The molecule has 3 rings (SSSR count). The van der Waals surface area contributed by atoms with Crippen LogP contribution in [0.1, 0.15) is 30.7 Å². The molecule has 1 heterocycles. The lowest BCUT2D eigenvalue weighted by Gasteiger charge is -2.13. The Morgan fingerprint density at radius 1 is 0.964 bits per heavy atom. The van der Waals surface area contributed by atoms with E-state index in [1.807, 2.05) is 43.3 Å². The lowest BCUT2D eigenvalue weighted by Crippen LogP contribution is -2.22. The summed E-state index contributed by atoms with van der Waals surface area (Å²) in [6, 6.07) is 14.7. The topological polar surface area (TPSA) is 87.2 Å². The third kappa shape index (κ3) is 4.92. The number of rotatable bonds is 6. The number of aryl methyl sites for hydroxylation is 1. The van der Waals surface area contributed by atoms with Crippen LogP contribution in [0.25, 0.3) is 0 Å². The van der Waals surface area contributed by atoms with E-state index in [0.717, 1.165) is 16.3 Å². The van der Waals surface area contributed by atoms with Crippen molar-refractivity contribution in [2.75, 3.05) is 24.3 Å². The van der Waals surface area contributed by atoms with Crippen LogP contribution in [0.2, 0.25) is 0 Å².